The van der Waals surface area contributed by atoms with Crippen molar-refractivity contribution >= 4 is 8.32 Å². The summed E-state index contributed by atoms with van der Waals surface area (Å²) < 4.78 is 6.25. The van der Waals surface area contributed by atoms with Crippen molar-refractivity contribution in [2.75, 3.05) is 6.61 Å². The van der Waals surface area contributed by atoms with Crippen molar-refractivity contribution in [3.05, 3.63) is 12.2 Å². The summed E-state index contributed by atoms with van der Waals surface area (Å²) in [6.45, 7) is 19.7. The van der Waals surface area contributed by atoms with E-state index in [2.05, 4.69) is 66.8 Å². The molecule has 0 spiro atoms. The predicted octanol–water partition coefficient (Wildman–Crippen LogP) is 9.15. The molecule has 0 fully saturated rings. The van der Waals surface area contributed by atoms with E-state index in [0.717, 1.165) is 18.4 Å². The maximum absolute atomic E-state index is 6.25. The van der Waals surface area contributed by atoms with Crippen LogP contribution in [0.15, 0.2) is 12.2 Å². The van der Waals surface area contributed by atoms with Crippen LogP contribution in [0.25, 0.3) is 0 Å². The monoisotopic (exact) mass is 396 g/mol. The molecule has 0 N–H and O–H groups in total. The normalized spacial score (nSPS) is 15.4. The zero-order valence-corrected chi connectivity index (χ0v) is 21.2. The molecule has 0 aliphatic heterocycles. The lowest BCUT2D eigenvalue weighted by atomic mass is 9.95. The summed E-state index contributed by atoms with van der Waals surface area (Å²) in [5, 5.41) is 0.335. The molecule has 0 rings (SSSR count). The standard InChI is InChI=1S/C25H52OSi/c1-9-10-18-23(2)20-17-21-24(3)19-15-13-11-12-14-16-22-26-27(7,8)25(4,5)6/h15,19,23-24H,9-14,16-18,20-22H2,1-8H3/t23-,24-/m1/s1. The lowest BCUT2D eigenvalue weighted by Crippen LogP contribution is -2.40. The highest BCUT2D eigenvalue weighted by atomic mass is 28.4. The van der Waals surface area contributed by atoms with E-state index < -0.39 is 8.32 Å². The van der Waals surface area contributed by atoms with Gasteiger partial charge in [0.2, 0.25) is 0 Å². The summed E-state index contributed by atoms with van der Waals surface area (Å²) in [5.41, 5.74) is 0. The molecule has 0 aliphatic carbocycles. The third-order valence-electron chi connectivity index (χ3n) is 6.41. The Morgan fingerprint density at radius 3 is 2.11 bits per heavy atom. The smallest absolute Gasteiger partial charge is 0.191 e. The second-order valence-corrected chi connectivity index (χ2v) is 15.2. The fraction of sp³-hybridized carbons (Fsp3) is 0.920. The largest absolute Gasteiger partial charge is 0.417 e. The number of hydrogen-bond donors (Lipinski definition) is 0. The Balaban J connectivity index is 3.59. The highest BCUT2D eigenvalue weighted by Gasteiger charge is 2.36. The first-order valence-corrected chi connectivity index (χ1v) is 14.8. The van der Waals surface area contributed by atoms with Crippen LogP contribution in [0.2, 0.25) is 18.1 Å². The second-order valence-electron chi connectivity index (χ2n) is 10.4. The van der Waals surface area contributed by atoms with Crippen LogP contribution >= 0.6 is 0 Å². The molecular weight excluding hydrogens is 344 g/mol. The van der Waals surface area contributed by atoms with Crippen molar-refractivity contribution in [2.24, 2.45) is 11.8 Å². The van der Waals surface area contributed by atoms with E-state index in [-0.39, 0.29) is 0 Å². The molecule has 0 saturated heterocycles. The topological polar surface area (TPSA) is 9.23 Å². The first kappa shape index (κ1) is 26.9. The molecule has 0 aromatic rings. The average Bonchev–Trinajstić information content (AvgIpc) is 2.57. The fourth-order valence-electron chi connectivity index (χ4n) is 3.17. The van der Waals surface area contributed by atoms with Crippen molar-refractivity contribution < 1.29 is 4.43 Å². The molecule has 27 heavy (non-hydrogen) atoms. The van der Waals surface area contributed by atoms with Crippen molar-refractivity contribution in [2.45, 2.75) is 130 Å². The second kappa shape index (κ2) is 14.9. The Kier molecular flexibility index (Phi) is 14.8. The predicted molar refractivity (Wildman–Crippen MR) is 127 cm³/mol. The van der Waals surface area contributed by atoms with E-state index in [1.54, 1.807) is 0 Å². The van der Waals surface area contributed by atoms with Gasteiger partial charge in [0.1, 0.15) is 0 Å². The van der Waals surface area contributed by atoms with Gasteiger partial charge >= 0.3 is 0 Å². The van der Waals surface area contributed by atoms with Gasteiger partial charge in [0.15, 0.2) is 8.32 Å². The highest BCUT2D eigenvalue weighted by Crippen LogP contribution is 2.36. The van der Waals surface area contributed by atoms with Crippen LogP contribution in [0.4, 0.5) is 0 Å². The number of hydrogen-bond acceptors (Lipinski definition) is 1. The van der Waals surface area contributed by atoms with Crippen LogP contribution in [0.5, 0.6) is 0 Å². The summed E-state index contributed by atoms with van der Waals surface area (Å²) in [6, 6.07) is 0. The van der Waals surface area contributed by atoms with E-state index in [1.807, 2.05) is 0 Å². The molecule has 0 aromatic heterocycles. The van der Waals surface area contributed by atoms with Crippen LogP contribution in [-0.4, -0.2) is 14.9 Å². The van der Waals surface area contributed by atoms with Gasteiger partial charge in [0.05, 0.1) is 0 Å². The Hall–Kier alpha value is -0.0831. The van der Waals surface area contributed by atoms with Crippen LogP contribution < -0.4 is 0 Å². The SMILES string of the molecule is CCCC[C@@H](C)CCC[C@H](C)C=CCCCCCCO[Si](C)(C)C(C)(C)C. The third kappa shape index (κ3) is 14.6. The molecule has 0 radical (unpaired) electrons. The Morgan fingerprint density at radius 1 is 0.852 bits per heavy atom. The maximum Gasteiger partial charge on any atom is 0.191 e. The maximum atomic E-state index is 6.25. The summed E-state index contributed by atoms with van der Waals surface area (Å²) >= 11 is 0. The van der Waals surface area contributed by atoms with Crippen LogP contribution in [0.1, 0.15) is 112 Å². The zero-order valence-electron chi connectivity index (χ0n) is 20.2. The van der Waals surface area contributed by atoms with Gasteiger partial charge in [-0.25, -0.2) is 0 Å². The minimum absolute atomic E-state index is 0.335. The van der Waals surface area contributed by atoms with Gasteiger partial charge in [-0.05, 0) is 55.7 Å². The van der Waals surface area contributed by atoms with Gasteiger partial charge in [-0.1, -0.05) is 98.6 Å². The Morgan fingerprint density at radius 2 is 1.48 bits per heavy atom. The van der Waals surface area contributed by atoms with E-state index in [0.29, 0.717) is 5.04 Å². The van der Waals surface area contributed by atoms with Crippen LogP contribution in [0.3, 0.4) is 0 Å². The van der Waals surface area contributed by atoms with Gasteiger partial charge in [0, 0.05) is 6.61 Å². The van der Waals surface area contributed by atoms with E-state index in [4.69, 9.17) is 4.43 Å². The molecule has 1 nitrogen and oxygen atoms in total. The summed E-state index contributed by atoms with van der Waals surface area (Å²) in [5.74, 6) is 1.67. The van der Waals surface area contributed by atoms with Crippen molar-refractivity contribution in [3.63, 3.8) is 0 Å². The minimum Gasteiger partial charge on any atom is -0.417 e. The fourth-order valence-corrected chi connectivity index (χ4v) is 4.26. The summed E-state index contributed by atoms with van der Waals surface area (Å²) in [4.78, 5) is 0. The molecule has 0 saturated carbocycles. The lowest BCUT2D eigenvalue weighted by molar-refractivity contribution is 0.277. The average molecular weight is 397 g/mol. The molecule has 2 heteroatoms. The zero-order chi connectivity index (χ0) is 20.8. The first-order valence-electron chi connectivity index (χ1n) is 11.9. The third-order valence-corrected chi connectivity index (χ3v) is 10.9. The van der Waals surface area contributed by atoms with Gasteiger partial charge < -0.3 is 4.43 Å². The minimum atomic E-state index is -1.54. The molecular formula is C25H52OSi. The van der Waals surface area contributed by atoms with Crippen LogP contribution in [0, 0.1) is 11.8 Å². The molecule has 2 atom stereocenters. The molecule has 0 aliphatic rings. The number of rotatable bonds is 16. The molecule has 0 amide bonds. The first-order chi connectivity index (χ1) is 12.6. The number of unbranched alkanes of at least 4 members (excludes halogenated alkanes) is 5. The highest BCUT2D eigenvalue weighted by molar-refractivity contribution is 6.74. The van der Waals surface area contributed by atoms with E-state index in [1.165, 1.54) is 70.6 Å². The van der Waals surface area contributed by atoms with Crippen molar-refractivity contribution in [3.8, 4) is 0 Å². The molecule has 0 heterocycles. The molecule has 162 valence electrons. The van der Waals surface area contributed by atoms with Crippen molar-refractivity contribution in [1.29, 1.82) is 0 Å². The van der Waals surface area contributed by atoms with E-state index >= 15 is 0 Å². The number of allylic oxidation sites excluding steroid dienone is 2. The Bertz CT molecular complexity index is 367. The Labute approximate surface area is 173 Å². The molecule has 0 unspecified atom stereocenters. The summed E-state index contributed by atoms with van der Waals surface area (Å²) in [6.07, 6.45) is 19.7. The van der Waals surface area contributed by atoms with Gasteiger partial charge in [-0.3, -0.25) is 0 Å². The van der Waals surface area contributed by atoms with Gasteiger partial charge in [-0.15, -0.1) is 0 Å². The van der Waals surface area contributed by atoms with Gasteiger partial charge in [-0.2, -0.15) is 0 Å². The van der Waals surface area contributed by atoms with Crippen LogP contribution in [-0.2, 0) is 4.43 Å². The van der Waals surface area contributed by atoms with Crippen molar-refractivity contribution in [1.82, 2.24) is 0 Å². The quantitative estimate of drug-likeness (QED) is 0.143. The lowest BCUT2D eigenvalue weighted by Gasteiger charge is -2.36. The summed E-state index contributed by atoms with van der Waals surface area (Å²) in [7, 11) is -1.54. The van der Waals surface area contributed by atoms with E-state index in [9.17, 15) is 0 Å². The molecule has 0 bridgehead atoms. The molecule has 0 aromatic carbocycles. The van der Waals surface area contributed by atoms with Gasteiger partial charge in [0.25, 0.3) is 0 Å².